The summed E-state index contributed by atoms with van der Waals surface area (Å²) < 4.78 is 0. The molecular weight excluding hydrogens is 221 g/mol. The Kier molecular flexibility index (Phi) is 5.53. The van der Waals surface area contributed by atoms with E-state index in [-0.39, 0.29) is 0 Å². The second kappa shape index (κ2) is 6.16. The Hall–Kier alpha value is 0.500. The molecule has 1 rings (SSSR count). The molecule has 2 N–H and O–H groups in total. The van der Waals surface area contributed by atoms with E-state index in [0.717, 1.165) is 32.4 Å². The minimum atomic E-state index is -0.651. The van der Waals surface area contributed by atoms with Crippen LogP contribution in [0, 0.1) is 11.8 Å². The van der Waals surface area contributed by atoms with Crippen molar-refractivity contribution in [2.24, 2.45) is 11.8 Å². The monoisotopic (exact) mass is 239 g/mol. The molecule has 0 saturated carbocycles. The van der Waals surface area contributed by atoms with Crippen molar-refractivity contribution in [3.05, 3.63) is 0 Å². The minimum absolute atomic E-state index is 0.566. The topological polar surface area (TPSA) is 32.3 Å². The third-order valence-electron chi connectivity index (χ3n) is 3.12. The molecule has 1 saturated heterocycles. The normalized spacial score (nSPS) is 30.6. The Bertz CT molecular complexity index is 166. The molecule has 0 unspecified atom stereocenters. The van der Waals surface area contributed by atoms with E-state index in [1.54, 1.807) is 0 Å². The van der Waals surface area contributed by atoms with Crippen molar-refractivity contribution in [3.8, 4) is 0 Å². The molecule has 1 aliphatic rings. The van der Waals surface area contributed by atoms with Crippen LogP contribution in [-0.4, -0.2) is 29.1 Å². The van der Waals surface area contributed by atoms with Gasteiger partial charge >= 0.3 is 0 Å². The summed E-state index contributed by atoms with van der Waals surface area (Å²) in [7, 11) is 0. The lowest BCUT2D eigenvalue weighted by molar-refractivity contribution is 0.118. The van der Waals surface area contributed by atoms with Crippen LogP contribution in [0.2, 0.25) is 0 Å². The number of piperidine rings is 1. The second-order valence-corrected chi connectivity index (χ2v) is 5.22. The van der Waals surface area contributed by atoms with Gasteiger partial charge in [0, 0.05) is 0 Å². The van der Waals surface area contributed by atoms with E-state index in [1.807, 2.05) is 0 Å². The Balaban J connectivity index is 2.40. The Morgan fingerprint density at radius 1 is 1.43 bits per heavy atom. The van der Waals surface area contributed by atoms with Crippen molar-refractivity contribution >= 4 is 23.2 Å². The van der Waals surface area contributed by atoms with Crippen molar-refractivity contribution in [2.45, 2.75) is 37.1 Å². The molecular formula is C10H19Cl2NO. The van der Waals surface area contributed by atoms with Gasteiger partial charge in [-0.05, 0) is 37.8 Å². The highest BCUT2D eigenvalue weighted by Crippen LogP contribution is 2.28. The zero-order valence-corrected chi connectivity index (χ0v) is 10.1. The fourth-order valence-electron chi connectivity index (χ4n) is 2.18. The van der Waals surface area contributed by atoms with Gasteiger partial charge in [0.15, 0.2) is 0 Å². The number of hydrogen-bond donors (Lipinski definition) is 2. The van der Waals surface area contributed by atoms with Crippen LogP contribution in [0.1, 0.15) is 26.2 Å². The molecule has 1 fully saturated rings. The lowest BCUT2D eigenvalue weighted by Gasteiger charge is -2.33. The maximum absolute atomic E-state index is 9.61. The van der Waals surface area contributed by atoms with Crippen LogP contribution in [0.15, 0.2) is 0 Å². The molecule has 1 aliphatic heterocycles. The molecule has 0 bridgehead atoms. The van der Waals surface area contributed by atoms with E-state index in [4.69, 9.17) is 23.2 Å². The van der Waals surface area contributed by atoms with Crippen molar-refractivity contribution in [1.82, 2.24) is 5.32 Å². The smallest absolute Gasteiger partial charge is 0.133 e. The zero-order chi connectivity index (χ0) is 10.6. The molecule has 2 nitrogen and oxygen atoms in total. The first-order chi connectivity index (χ1) is 6.65. The van der Waals surface area contributed by atoms with Crippen LogP contribution >= 0.6 is 23.2 Å². The lowest BCUT2D eigenvalue weighted by atomic mass is 9.81. The molecule has 1 heterocycles. The van der Waals surface area contributed by atoms with Gasteiger partial charge in [-0.2, -0.15) is 0 Å². The van der Waals surface area contributed by atoms with Crippen LogP contribution in [0.4, 0.5) is 0 Å². The van der Waals surface area contributed by atoms with Crippen LogP contribution in [-0.2, 0) is 0 Å². The van der Waals surface area contributed by atoms with Gasteiger partial charge in [0.25, 0.3) is 0 Å². The molecule has 0 aromatic rings. The number of rotatable bonds is 4. The average molecular weight is 240 g/mol. The van der Waals surface area contributed by atoms with Gasteiger partial charge in [-0.15, -0.1) is 23.2 Å². The number of nitrogens with one attached hydrogen (secondary N) is 1. The third kappa shape index (κ3) is 3.58. The molecule has 84 valence electrons. The molecule has 0 amide bonds. The van der Waals surface area contributed by atoms with E-state index in [1.165, 1.54) is 0 Å². The molecule has 0 radical (unpaired) electrons. The average Bonchev–Trinajstić information content (AvgIpc) is 2.18. The first-order valence-corrected chi connectivity index (χ1v) is 6.19. The minimum Gasteiger partial charge on any atom is -0.390 e. The SMILES string of the molecule is CC[C@H]1CNCC[C@H]1C[C@H](O)C(Cl)Cl. The first kappa shape index (κ1) is 12.6. The highest BCUT2D eigenvalue weighted by molar-refractivity contribution is 6.44. The standard InChI is InChI=1S/C10H19Cl2NO/c1-2-7-6-13-4-3-8(7)5-9(14)10(11)12/h7-10,13-14H,2-6H2,1H3/t7-,8-,9-/m0/s1. The van der Waals surface area contributed by atoms with Gasteiger partial charge < -0.3 is 10.4 Å². The maximum atomic E-state index is 9.61. The summed E-state index contributed by atoms with van der Waals surface area (Å²) in [6.45, 7) is 4.29. The van der Waals surface area contributed by atoms with E-state index >= 15 is 0 Å². The van der Waals surface area contributed by atoms with Gasteiger partial charge in [0.1, 0.15) is 4.84 Å². The molecule has 0 spiro atoms. The summed E-state index contributed by atoms with van der Waals surface area (Å²) in [6, 6.07) is 0. The van der Waals surface area contributed by atoms with Gasteiger partial charge in [0.05, 0.1) is 6.10 Å². The van der Waals surface area contributed by atoms with Gasteiger partial charge in [-0.25, -0.2) is 0 Å². The third-order valence-corrected chi connectivity index (χ3v) is 3.71. The molecule has 0 aliphatic carbocycles. The number of halogens is 2. The number of aliphatic hydroxyl groups excluding tert-OH is 1. The Morgan fingerprint density at radius 3 is 2.71 bits per heavy atom. The summed E-state index contributed by atoms with van der Waals surface area (Å²) >= 11 is 11.3. The predicted octanol–water partition coefficient (Wildman–Crippen LogP) is 2.18. The fourth-order valence-corrected chi connectivity index (χ4v) is 2.38. The maximum Gasteiger partial charge on any atom is 0.133 e. The van der Waals surface area contributed by atoms with Crippen LogP contribution in [0.25, 0.3) is 0 Å². The van der Waals surface area contributed by atoms with Crippen molar-refractivity contribution < 1.29 is 5.11 Å². The van der Waals surface area contributed by atoms with Gasteiger partial charge in [-0.1, -0.05) is 13.3 Å². The second-order valence-electron chi connectivity index (χ2n) is 4.06. The Labute approximate surface area is 96.0 Å². The predicted molar refractivity (Wildman–Crippen MR) is 60.9 cm³/mol. The summed E-state index contributed by atoms with van der Waals surface area (Å²) in [5.41, 5.74) is 0. The number of hydrogen-bond acceptors (Lipinski definition) is 2. The van der Waals surface area contributed by atoms with E-state index < -0.39 is 10.9 Å². The molecule has 3 atom stereocenters. The fraction of sp³-hybridized carbons (Fsp3) is 1.00. The summed E-state index contributed by atoms with van der Waals surface area (Å²) in [5.74, 6) is 1.22. The van der Waals surface area contributed by atoms with Crippen LogP contribution in [0.5, 0.6) is 0 Å². The number of aliphatic hydroxyl groups is 1. The lowest BCUT2D eigenvalue weighted by Crippen LogP contribution is -2.38. The van der Waals surface area contributed by atoms with Crippen molar-refractivity contribution in [1.29, 1.82) is 0 Å². The van der Waals surface area contributed by atoms with Crippen LogP contribution < -0.4 is 5.32 Å². The van der Waals surface area contributed by atoms with Crippen molar-refractivity contribution in [2.75, 3.05) is 13.1 Å². The molecule has 14 heavy (non-hydrogen) atoms. The van der Waals surface area contributed by atoms with E-state index in [2.05, 4.69) is 12.2 Å². The summed E-state index contributed by atoms with van der Waals surface area (Å²) in [6.07, 6.45) is 2.43. The molecule has 0 aromatic heterocycles. The highest BCUT2D eigenvalue weighted by atomic mass is 35.5. The van der Waals surface area contributed by atoms with Crippen molar-refractivity contribution in [3.63, 3.8) is 0 Å². The van der Waals surface area contributed by atoms with Gasteiger partial charge in [0.2, 0.25) is 0 Å². The largest absolute Gasteiger partial charge is 0.390 e. The zero-order valence-electron chi connectivity index (χ0n) is 8.55. The Morgan fingerprint density at radius 2 is 2.14 bits per heavy atom. The van der Waals surface area contributed by atoms with Gasteiger partial charge in [-0.3, -0.25) is 0 Å². The summed E-state index contributed by atoms with van der Waals surface area (Å²) in [5, 5.41) is 13.0. The quantitative estimate of drug-likeness (QED) is 0.738. The number of alkyl halides is 2. The highest BCUT2D eigenvalue weighted by Gasteiger charge is 2.27. The van der Waals surface area contributed by atoms with Crippen LogP contribution in [0.3, 0.4) is 0 Å². The summed E-state index contributed by atoms with van der Waals surface area (Å²) in [4.78, 5) is -0.651. The van der Waals surface area contributed by atoms with E-state index in [9.17, 15) is 5.11 Å². The first-order valence-electron chi connectivity index (χ1n) is 5.32. The van der Waals surface area contributed by atoms with E-state index in [0.29, 0.717) is 11.8 Å². The molecule has 4 heteroatoms. The molecule has 0 aromatic carbocycles.